The number of azide groups is 1. The average molecular weight is 446 g/mol. The highest BCUT2D eigenvalue weighted by atomic mass is 32.2. The first kappa shape index (κ1) is 24.0. The van der Waals surface area contributed by atoms with Gasteiger partial charge in [-0.15, -0.1) is 0 Å². The summed E-state index contributed by atoms with van der Waals surface area (Å²) in [4.78, 5) is 14.6. The Kier molecular flexibility index (Phi) is 6.58. The van der Waals surface area contributed by atoms with E-state index in [9.17, 15) is 18.3 Å². The van der Waals surface area contributed by atoms with Crippen LogP contribution in [-0.2, 0) is 20.9 Å². The number of anilines is 2. The SMILES string of the molecule is CC(C)(C)c1cc(NC(=O)Nc2ccc(S(=O)(=O)N=[N+]=[N-])cc2)cc(C(C)(C)C)c1O. The summed E-state index contributed by atoms with van der Waals surface area (Å²) in [5.41, 5.74) is 9.94. The van der Waals surface area contributed by atoms with Crippen LogP contribution in [0, 0.1) is 0 Å². The molecule has 0 radical (unpaired) electrons. The third-order valence-corrected chi connectivity index (χ3v) is 5.69. The average Bonchev–Trinajstić information content (AvgIpc) is 2.61. The maximum absolute atomic E-state index is 12.5. The van der Waals surface area contributed by atoms with Crippen molar-refractivity contribution in [3.05, 3.63) is 58.0 Å². The van der Waals surface area contributed by atoms with Gasteiger partial charge in [0, 0.05) is 31.9 Å². The number of carbonyl (C=O) groups excluding carboxylic acids is 1. The van der Waals surface area contributed by atoms with Crippen LogP contribution in [0.1, 0.15) is 52.7 Å². The van der Waals surface area contributed by atoms with Crippen LogP contribution in [0.4, 0.5) is 16.2 Å². The van der Waals surface area contributed by atoms with Crippen molar-refractivity contribution in [2.45, 2.75) is 57.3 Å². The first-order valence-corrected chi connectivity index (χ1v) is 11.0. The molecule has 0 spiro atoms. The zero-order valence-corrected chi connectivity index (χ0v) is 19.2. The molecule has 3 N–H and O–H groups in total. The Morgan fingerprint density at radius 1 is 0.935 bits per heavy atom. The highest BCUT2D eigenvalue weighted by Gasteiger charge is 2.27. The molecule has 0 aliphatic heterocycles. The largest absolute Gasteiger partial charge is 0.507 e. The van der Waals surface area contributed by atoms with E-state index in [-0.39, 0.29) is 21.5 Å². The van der Waals surface area contributed by atoms with E-state index >= 15 is 0 Å². The molecule has 0 bridgehead atoms. The van der Waals surface area contributed by atoms with Crippen LogP contribution in [0.3, 0.4) is 0 Å². The summed E-state index contributed by atoms with van der Waals surface area (Å²) < 4.78 is 26.2. The number of aromatic hydroxyl groups is 1. The minimum Gasteiger partial charge on any atom is -0.507 e. The van der Waals surface area contributed by atoms with Crippen molar-refractivity contribution in [1.82, 2.24) is 0 Å². The molecule has 2 aromatic carbocycles. The van der Waals surface area contributed by atoms with Gasteiger partial charge in [-0.1, -0.05) is 41.5 Å². The lowest BCUT2D eigenvalue weighted by molar-refractivity contribution is 0.262. The fraction of sp³-hybridized carbons (Fsp3) is 0.381. The summed E-state index contributed by atoms with van der Waals surface area (Å²) in [6, 6.07) is 8.18. The number of nitrogens with one attached hydrogen (secondary N) is 2. The molecular weight excluding hydrogens is 418 g/mol. The third kappa shape index (κ3) is 5.90. The van der Waals surface area contributed by atoms with Gasteiger partial charge in [-0.3, -0.25) is 0 Å². The van der Waals surface area contributed by atoms with Gasteiger partial charge in [0.15, 0.2) is 0 Å². The first-order valence-electron chi connectivity index (χ1n) is 9.52. The number of urea groups is 1. The molecule has 0 aliphatic rings. The molecule has 0 unspecified atom stereocenters. The highest BCUT2D eigenvalue weighted by Crippen LogP contribution is 2.41. The van der Waals surface area contributed by atoms with E-state index in [1.807, 2.05) is 41.5 Å². The van der Waals surface area contributed by atoms with E-state index < -0.39 is 16.1 Å². The smallest absolute Gasteiger partial charge is 0.323 e. The number of phenols is 1. The number of hydrogen-bond donors (Lipinski definition) is 3. The first-order chi connectivity index (χ1) is 14.1. The van der Waals surface area contributed by atoms with Gasteiger partial charge in [-0.25, -0.2) is 13.2 Å². The van der Waals surface area contributed by atoms with Crippen LogP contribution in [0.5, 0.6) is 5.75 Å². The van der Waals surface area contributed by atoms with Crippen LogP contribution in [0.2, 0.25) is 0 Å². The topological polar surface area (TPSA) is 144 Å². The number of rotatable bonds is 4. The number of carbonyl (C=O) groups is 1. The molecule has 31 heavy (non-hydrogen) atoms. The monoisotopic (exact) mass is 445 g/mol. The van der Waals surface area contributed by atoms with Gasteiger partial charge >= 0.3 is 6.03 Å². The second-order valence-electron chi connectivity index (χ2n) is 9.17. The zero-order valence-electron chi connectivity index (χ0n) is 18.4. The molecule has 166 valence electrons. The number of phenolic OH excluding ortho intramolecular Hbond substituents is 1. The molecule has 0 saturated heterocycles. The van der Waals surface area contributed by atoms with Crippen LogP contribution in [0.25, 0.3) is 10.4 Å². The molecule has 0 saturated carbocycles. The minimum atomic E-state index is -4.09. The van der Waals surface area contributed by atoms with Crippen molar-refractivity contribution < 1.29 is 18.3 Å². The third-order valence-electron chi connectivity index (χ3n) is 4.54. The number of nitrogens with zero attached hydrogens (tertiary/aromatic N) is 3. The summed E-state index contributed by atoms with van der Waals surface area (Å²) in [6.07, 6.45) is 0. The quantitative estimate of drug-likeness (QED) is 0.242. The Hall–Kier alpha value is -3.23. The maximum atomic E-state index is 12.5. The fourth-order valence-electron chi connectivity index (χ4n) is 2.95. The van der Waals surface area contributed by atoms with Crippen molar-refractivity contribution >= 4 is 27.4 Å². The number of hydrogen-bond acceptors (Lipinski definition) is 4. The van der Waals surface area contributed by atoms with Crippen LogP contribution in [-0.4, -0.2) is 19.6 Å². The van der Waals surface area contributed by atoms with Crippen molar-refractivity contribution in [2.24, 2.45) is 4.52 Å². The molecular formula is C21H27N5O4S. The number of sulfonamides is 1. The number of amides is 2. The molecule has 0 heterocycles. The second-order valence-corrected chi connectivity index (χ2v) is 10.8. The summed E-state index contributed by atoms with van der Waals surface area (Å²) in [7, 11) is -4.09. The number of benzene rings is 2. The van der Waals surface area contributed by atoms with Gasteiger partial charge in [-0.05, 0) is 52.8 Å². The second kappa shape index (κ2) is 8.49. The summed E-state index contributed by atoms with van der Waals surface area (Å²) in [5, 5.41) is 16.2. The van der Waals surface area contributed by atoms with Crippen LogP contribution in [0.15, 0.2) is 45.8 Å². The lowest BCUT2D eigenvalue weighted by Crippen LogP contribution is -2.22. The fourth-order valence-corrected chi connectivity index (χ4v) is 3.62. The maximum Gasteiger partial charge on any atom is 0.323 e. The van der Waals surface area contributed by atoms with E-state index in [1.165, 1.54) is 24.3 Å². The van der Waals surface area contributed by atoms with Crippen LogP contribution < -0.4 is 10.6 Å². The molecule has 10 heteroatoms. The van der Waals surface area contributed by atoms with E-state index in [0.29, 0.717) is 22.5 Å². The Balaban J connectivity index is 2.29. The van der Waals surface area contributed by atoms with Gasteiger partial charge in [0.2, 0.25) is 0 Å². The highest BCUT2D eigenvalue weighted by molar-refractivity contribution is 7.90. The predicted octanol–water partition coefficient (Wildman–Crippen LogP) is 5.63. The predicted molar refractivity (Wildman–Crippen MR) is 121 cm³/mol. The Labute approximate surface area is 182 Å². The van der Waals surface area contributed by atoms with Gasteiger partial charge in [0.05, 0.1) is 4.90 Å². The van der Waals surface area contributed by atoms with Gasteiger partial charge < -0.3 is 15.7 Å². The van der Waals surface area contributed by atoms with E-state index in [4.69, 9.17) is 5.53 Å². The van der Waals surface area contributed by atoms with Crippen molar-refractivity contribution in [3.63, 3.8) is 0 Å². The molecule has 9 nitrogen and oxygen atoms in total. The molecule has 0 aliphatic carbocycles. The van der Waals surface area contributed by atoms with E-state index in [2.05, 4.69) is 20.1 Å². The molecule has 0 fully saturated rings. The summed E-state index contributed by atoms with van der Waals surface area (Å²) in [6.45, 7) is 11.9. The normalized spacial score (nSPS) is 12.1. The Bertz CT molecular complexity index is 1100. The standard InChI is InChI=1S/C21H27N5O4S/c1-20(2,3)16-11-14(12-17(18(16)27)21(4,5)6)24-19(28)23-13-7-9-15(10-8-13)31(29,30)26-25-22/h7-12,27H,1-6H3,(H2,23,24,28). The molecule has 0 aromatic heterocycles. The molecule has 2 rings (SSSR count). The summed E-state index contributed by atoms with van der Waals surface area (Å²) in [5.74, 6) is 0.211. The van der Waals surface area contributed by atoms with Gasteiger partial charge in [-0.2, -0.15) is 0 Å². The molecule has 0 atom stereocenters. The van der Waals surface area contributed by atoms with E-state index in [1.54, 1.807) is 12.1 Å². The molecule has 2 amide bonds. The van der Waals surface area contributed by atoms with E-state index in [0.717, 1.165) is 0 Å². The summed E-state index contributed by atoms with van der Waals surface area (Å²) >= 11 is 0. The van der Waals surface area contributed by atoms with Crippen molar-refractivity contribution in [3.8, 4) is 5.75 Å². The Morgan fingerprint density at radius 3 is 1.81 bits per heavy atom. The lowest BCUT2D eigenvalue weighted by atomic mass is 9.79. The lowest BCUT2D eigenvalue weighted by Gasteiger charge is -2.28. The van der Waals surface area contributed by atoms with Crippen molar-refractivity contribution in [1.29, 1.82) is 0 Å². The Morgan fingerprint density at radius 2 is 1.39 bits per heavy atom. The van der Waals surface area contributed by atoms with Crippen LogP contribution >= 0.6 is 0 Å². The zero-order chi connectivity index (χ0) is 23.6. The van der Waals surface area contributed by atoms with Crippen molar-refractivity contribution in [2.75, 3.05) is 10.6 Å². The van der Waals surface area contributed by atoms with Gasteiger partial charge in [0.1, 0.15) is 5.75 Å². The minimum absolute atomic E-state index is 0.181. The van der Waals surface area contributed by atoms with Gasteiger partial charge in [0.25, 0.3) is 10.0 Å². The molecule has 2 aromatic rings.